The van der Waals surface area contributed by atoms with Gasteiger partial charge in [-0.05, 0) is 38.1 Å². The van der Waals surface area contributed by atoms with Gasteiger partial charge in [-0.15, -0.1) is 0 Å². The van der Waals surface area contributed by atoms with E-state index < -0.39 is 0 Å². The third-order valence-corrected chi connectivity index (χ3v) is 2.67. The van der Waals surface area contributed by atoms with Crippen LogP contribution in [0.1, 0.15) is 29.8 Å². The number of hydrogen-bond donors (Lipinski definition) is 1. The topological polar surface area (TPSA) is 49.8 Å². The number of likely N-dealkylation sites (N-methyl/N-ethyl adjacent to an activating group) is 1. The van der Waals surface area contributed by atoms with Crippen LogP contribution in [0.5, 0.6) is 0 Å². The highest BCUT2D eigenvalue weighted by molar-refractivity contribution is 5.94. The van der Waals surface area contributed by atoms with Crippen molar-refractivity contribution < 1.29 is 14.6 Å². The summed E-state index contributed by atoms with van der Waals surface area (Å²) in [7, 11) is 1.76. The average Bonchev–Trinajstić information content (AvgIpc) is 2.44. The maximum Gasteiger partial charge on any atom is 0.253 e. The first-order chi connectivity index (χ1) is 9.54. The van der Waals surface area contributed by atoms with Gasteiger partial charge in [-0.25, -0.2) is 0 Å². The predicted octanol–water partition coefficient (Wildman–Crippen LogP) is 1.53. The number of nitrogens with zero attached hydrogens (tertiary/aromatic N) is 1. The van der Waals surface area contributed by atoms with Crippen molar-refractivity contribution in [2.45, 2.75) is 20.0 Å². The lowest BCUT2D eigenvalue weighted by atomic mass is 10.1. The molecule has 1 N–H and O–H groups in total. The fourth-order valence-corrected chi connectivity index (χ4v) is 1.58. The van der Waals surface area contributed by atoms with Crippen molar-refractivity contribution in [3.8, 4) is 11.8 Å². The standard InChI is InChI=1S/C16H21NO3/c1-13(2)20-12-10-17(3)16(19)15-8-6-14(7-9-15)5-4-11-18/h6-9,13,18H,10-12H2,1-3H3. The lowest BCUT2D eigenvalue weighted by Gasteiger charge is -2.18. The Bertz CT molecular complexity index is 483. The quantitative estimate of drug-likeness (QED) is 0.829. The summed E-state index contributed by atoms with van der Waals surface area (Å²) in [6.45, 7) is 4.85. The SMILES string of the molecule is CC(C)OCCN(C)C(=O)c1ccc(C#CCO)cc1. The van der Waals surface area contributed by atoms with Crippen LogP contribution in [0.15, 0.2) is 24.3 Å². The Labute approximate surface area is 120 Å². The second kappa shape index (κ2) is 8.36. The van der Waals surface area contributed by atoms with Crippen LogP contribution in [0.25, 0.3) is 0 Å². The van der Waals surface area contributed by atoms with Crippen LogP contribution in [0, 0.1) is 11.8 Å². The zero-order valence-electron chi connectivity index (χ0n) is 12.2. The molecule has 0 radical (unpaired) electrons. The Balaban J connectivity index is 2.58. The van der Waals surface area contributed by atoms with E-state index >= 15 is 0 Å². The van der Waals surface area contributed by atoms with E-state index in [9.17, 15) is 4.79 Å². The third-order valence-electron chi connectivity index (χ3n) is 2.67. The van der Waals surface area contributed by atoms with E-state index in [0.29, 0.717) is 18.7 Å². The highest BCUT2D eigenvalue weighted by Gasteiger charge is 2.11. The van der Waals surface area contributed by atoms with Gasteiger partial charge in [-0.3, -0.25) is 4.79 Å². The van der Waals surface area contributed by atoms with E-state index in [-0.39, 0.29) is 18.6 Å². The zero-order chi connectivity index (χ0) is 15.0. The third kappa shape index (κ3) is 5.43. The molecule has 0 saturated carbocycles. The Morgan fingerprint density at radius 2 is 2.00 bits per heavy atom. The van der Waals surface area contributed by atoms with Gasteiger partial charge in [0.25, 0.3) is 5.91 Å². The van der Waals surface area contributed by atoms with Crippen molar-refractivity contribution in [3.05, 3.63) is 35.4 Å². The molecule has 0 saturated heterocycles. The minimum absolute atomic E-state index is 0.0426. The number of ether oxygens (including phenoxy) is 1. The number of carbonyl (C=O) groups excluding carboxylic acids is 1. The van der Waals surface area contributed by atoms with Crippen LogP contribution in [0.3, 0.4) is 0 Å². The van der Waals surface area contributed by atoms with E-state index in [1.807, 2.05) is 13.8 Å². The molecule has 0 aliphatic heterocycles. The molecule has 0 unspecified atom stereocenters. The van der Waals surface area contributed by atoms with Crippen molar-refractivity contribution in [2.75, 3.05) is 26.8 Å². The first-order valence-corrected chi connectivity index (χ1v) is 6.61. The summed E-state index contributed by atoms with van der Waals surface area (Å²) >= 11 is 0. The molecular weight excluding hydrogens is 254 g/mol. The molecule has 0 aliphatic rings. The molecule has 1 aromatic carbocycles. The van der Waals surface area contributed by atoms with Gasteiger partial charge >= 0.3 is 0 Å². The fourth-order valence-electron chi connectivity index (χ4n) is 1.58. The molecule has 1 amide bonds. The Morgan fingerprint density at radius 1 is 1.35 bits per heavy atom. The second-order valence-corrected chi connectivity index (χ2v) is 4.68. The van der Waals surface area contributed by atoms with Gasteiger partial charge in [0, 0.05) is 24.7 Å². The molecule has 1 rings (SSSR count). The van der Waals surface area contributed by atoms with E-state index in [2.05, 4.69) is 11.8 Å². The van der Waals surface area contributed by atoms with E-state index in [1.165, 1.54) is 0 Å². The Kier molecular flexibility index (Phi) is 6.78. The van der Waals surface area contributed by atoms with Crippen LogP contribution >= 0.6 is 0 Å². The summed E-state index contributed by atoms with van der Waals surface area (Å²) in [5, 5.41) is 8.62. The van der Waals surface area contributed by atoms with E-state index in [1.54, 1.807) is 36.2 Å². The number of carbonyl (C=O) groups is 1. The molecule has 4 nitrogen and oxygen atoms in total. The number of rotatable bonds is 5. The van der Waals surface area contributed by atoms with Gasteiger partial charge in [-0.1, -0.05) is 11.8 Å². The first kappa shape index (κ1) is 16.2. The van der Waals surface area contributed by atoms with Gasteiger partial charge in [0.05, 0.1) is 12.7 Å². The largest absolute Gasteiger partial charge is 0.384 e. The van der Waals surface area contributed by atoms with Crippen molar-refractivity contribution >= 4 is 5.91 Å². The predicted molar refractivity (Wildman–Crippen MR) is 78.5 cm³/mol. The van der Waals surface area contributed by atoms with Crippen molar-refractivity contribution in [2.24, 2.45) is 0 Å². The van der Waals surface area contributed by atoms with Crippen LogP contribution < -0.4 is 0 Å². The normalized spacial score (nSPS) is 10.1. The smallest absolute Gasteiger partial charge is 0.253 e. The van der Waals surface area contributed by atoms with Gasteiger partial charge in [0.2, 0.25) is 0 Å². The summed E-state index contributed by atoms with van der Waals surface area (Å²) in [4.78, 5) is 13.8. The lowest BCUT2D eigenvalue weighted by Crippen LogP contribution is -2.30. The molecule has 4 heteroatoms. The second-order valence-electron chi connectivity index (χ2n) is 4.68. The minimum atomic E-state index is -0.167. The lowest BCUT2D eigenvalue weighted by molar-refractivity contribution is 0.0532. The van der Waals surface area contributed by atoms with Gasteiger partial charge in [0.1, 0.15) is 6.61 Å². The van der Waals surface area contributed by atoms with E-state index in [4.69, 9.17) is 9.84 Å². The highest BCUT2D eigenvalue weighted by Crippen LogP contribution is 2.06. The molecule has 1 aromatic rings. The summed E-state index contributed by atoms with van der Waals surface area (Å²) in [6, 6.07) is 7.02. The van der Waals surface area contributed by atoms with Crippen molar-refractivity contribution in [3.63, 3.8) is 0 Å². The number of hydrogen-bond acceptors (Lipinski definition) is 3. The van der Waals surface area contributed by atoms with Crippen molar-refractivity contribution in [1.82, 2.24) is 4.90 Å². The number of aliphatic hydroxyl groups is 1. The molecule has 20 heavy (non-hydrogen) atoms. The molecule has 0 heterocycles. The zero-order valence-corrected chi connectivity index (χ0v) is 12.2. The van der Waals surface area contributed by atoms with Gasteiger partial charge in [0.15, 0.2) is 0 Å². The maximum absolute atomic E-state index is 12.1. The van der Waals surface area contributed by atoms with Crippen LogP contribution in [-0.2, 0) is 4.74 Å². The van der Waals surface area contributed by atoms with Crippen molar-refractivity contribution in [1.29, 1.82) is 0 Å². The molecule has 108 valence electrons. The Hall–Kier alpha value is -1.83. The summed E-state index contributed by atoms with van der Waals surface area (Å²) in [5.41, 5.74) is 1.40. The number of benzene rings is 1. The molecule has 0 atom stereocenters. The van der Waals surface area contributed by atoms with E-state index in [0.717, 1.165) is 5.56 Å². The Morgan fingerprint density at radius 3 is 2.55 bits per heavy atom. The summed E-state index contributed by atoms with van der Waals surface area (Å²) in [5.74, 6) is 5.32. The monoisotopic (exact) mass is 275 g/mol. The molecule has 0 bridgehead atoms. The minimum Gasteiger partial charge on any atom is -0.384 e. The molecule has 0 spiro atoms. The molecule has 0 aliphatic carbocycles. The average molecular weight is 275 g/mol. The van der Waals surface area contributed by atoms with Gasteiger partial charge < -0.3 is 14.7 Å². The summed E-state index contributed by atoms with van der Waals surface area (Å²) in [6.07, 6.45) is 0.169. The summed E-state index contributed by atoms with van der Waals surface area (Å²) < 4.78 is 5.43. The number of aliphatic hydroxyl groups excluding tert-OH is 1. The van der Waals surface area contributed by atoms with Crippen LogP contribution in [-0.4, -0.2) is 48.8 Å². The molecular formula is C16H21NO3. The first-order valence-electron chi connectivity index (χ1n) is 6.61. The molecule has 0 fully saturated rings. The fraction of sp³-hybridized carbons (Fsp3) is 0.438. The number of amides is 1. The van der Waals surface area contributed by atoms with Gasteiger partial charge in [-0.2, -0.15) is 0 Å². The van der Waals surface area contributed by atoms with Crippen LogP contribution in [0.2, 0.25) is 0 Å². The van der Waals surface area contributed by atoms with Crippen LogP contribution in [0.4, 0.5) is 0 Å². The highest BCUT2D eigenvalue weighted by atomic mass is 16.5. The maximum atomic E-state index is 12.1. The molecule has 0 aromatic heterocycles.